The van der Waals surface area contributed by atoms with E-state index in [4.69, 9.17) is 4.74 Å². The Kier molecular flexibility index (Phi) is 6.63. The van der Waals surface area contributed by atoms with Gasteiger partial charge in [0.15, 0.2) is 22.1 Å². The normalized spacial score (nSPS) is 18.3. The molecule has 2 aliphatic rings. The Balaban J connectivity index is 1.54. The van der Waals surface area contributed by atoms with Crippen molar-refractivity contribution in [3.05, 3.63) is 64.6 Å². The summed E-state index contributed by atoms with van der Waals surface area (Å²) in [4.78, 5) is 26.1. The number of alkyl halides is 3. The second-order valence-corrected chi connectivity index (χ2v) is 12.2. The predicted octanol–water partition coefficient (Wildman–Crippen LogP) is 3.51. The lowest BCUT2D eigenvalue weighted by molar-refractivity contribution is -0.153. The Labute approximate surface area is 226 Å². The number of halogens is 4. The van der Waals surface area contributed by atoms with E-state index in [0.717, 1.165) is 6.26 Å². The van der Waals surface area contributed by atoms with Crippen molar-refractivity contribution in [2.75, 3.05) is 23.9 Å². The summed E-state index contributed by atoms with van der Waals surface area (Å²) >= 11 is 0. The van der Waals surface area contributed by atoms with Gasteiger partial charge in [-0.3, -0.25) is 14.3 Å². The first-order valence-electron chi connectivity index (χ1n) is 12.1. The number of carbonyl (C=O) groups is 2. The molecule has 0 saturated carbocycles. The third kappa shape index (κ3) is 5.40. The topological polar surface area (TPSA) is 119 Å². The van der Waals surface area contributed by atoms with Gasteiger partial charge in [-0.05, 0) is 54.7 Å². The lowest BCUT2D eigenvalue weighted by atomic mass is 9.89. The Morgan fingerprint density at radius 3 is 2.65 bits per heavy atom. The zero-order valence-corrected chi connectivity index (χ0v) is 22.2. The first kappa shape index (κ1) is 27.6. The molecule has 2 N–H and O–H groups in total. The summed E-state index contributed by atoms with van der Waals surface area (Å²) < 4.78 is 81.8. The van der Waals surface area contributed by atoms with Crippen LogP contribution in [0.25, 0.3) is 11.3 Å². The van der Waals surface area contributed by atoms with E-state index in [-0.39, 0.29) is 34.9 Å². The first-order chi connectivity index (χ1) is 18.6. The molecule has 1 atom stereocenters. The third-order valence-corrected chi connectivity index (χ3v) is 7.65. The van der Waals surface area contributed by atoms with Gasteiger partial charge in [0.2, 0.25) is 5.91 Å². The number of anilines is 1. The van der Waals surface area contributed by atoms with Gasteiger partial charge in [0, 0.05) is 11.8 Å². The van der Waals surface area contributed by atoms with Crippen LogP contribution in [-0.2, 0) is 33.1 Å². The highest BCUT2D eigenvalue weighted by Gasteiger charge is 2.46. The van der Waals surface area contributed by atoms with Gasteiger partial charge in [0.05, 0.1) is 12.1 Å². The van der Waals surface area contributed by atoms with E-state index in [9.17, 15) is 35.6 Å². The molecule has 0 radical (unpaired) electrons. The van der Waals surface area contributed by atoms with Crippen molar-refractivity contribution in [2.24, 2.45) is 0 Å². The summed E-state index contributed by atoms with van der Waals surface area (Å²) in [7, 11) is -3.69. The molecule has 0 fully saturated rings. The van der Waals surface area contributed by atoms with Crippen LogP contribution in [0.1, 0.15) is 33.6 Å². The number of hydrogen-bond donors (Lipinski definition) is 2. The summed E-state index contributed by atoms with van der Waals surface area (Å²) in [6.45, 7) is 0.244. The van der Waals surface area contributed by atoms with E-state index in [1.54, 1.807) is 19.1 Å². The number of rotatable bonds is 6. The lowest BCUT2D eigenvalue weighted by Crippen LogP contribution is -2.52. The molecule has 0 unspecified atom stereocenters. The van der Waals surface area contributed by atoms with Crippen LogP contribution in [0.2, 0.25) is 0 Å². The number of aryl methyl sites for hydroxylation is 2. The van der Waals surface area contributed by atoms with E-state index < -0.39 is 51.5 Å². The van der Waals surface area contributed by atoms with Crippen LogP contribution in [0, 0.1) is 12.7 Å². The molecule has 9 nitrogen and oxygen atoms in total. The van der Waals surface area contributed by atoms with Crippen molar-refractivity contribution in [3.63, 3.8) is 0 Å². The number of amides is 2. The van der Waals surface area contributed by atoms with Crippen LogP contribution >= 0.6 is 0 Å². The molecular weight excluding hydrogens is 556 g/mol. The average Bonchev–Trinajstić information content (AvgIpc) is 3.36. The fraction of sp³-hybridized carbons (Fsp3) is 0.346. The lowest BCUT2D eigenvalue weighted by Gasteiger charge is -2.36. The number of hydrogen-bond acceptors (Lipinski definition) is 6. The number of ether oxygens (including phenoxy) is 1. The molecule has 1 aromatic heterocycles. The maximum absolute atomic E-state index is 14.4. The molecule has 3 aromatic rings. The van der Waals surface area contributed by atoms with E-state index in [1.807, 2.05) is 0 Å². The maximum atomic E-state index is 14.4. The molecule has 1 aliphatic heterocycles. The number of carbonyl (C=O) groups excluding carboxylic acids is 2. The van der Waals surface area contributed by atoms with Gasteiger partial charge in [0.1, 0.15) is 28.7 Å². The second kappa shape index (κ2) is 9.61. The Hall–Kier alpha value is -3.94. The number of fused-ring (bicyclic) bond motifs is 3. The minimum Gasteiger partial charge on any atom is -0.484 e. The van der Waals surface area contributed by atoms with Crippen molar-refractivity contribution in [1.29, 1.82) is 0 Å². The molecule has 40 heavy (non-hydrogen) atoms. The molecule has 0 saturated heterocycles. The number of nitrogens with zero attached hydrogens (tertiary/aromatic N) is 2. The largest absolute Gasteiger partial charge is 0.484 e. The molecule has 1 spiro atoms. The van der Waals surface area contributed by atoms with Crippen molar-refractivity contribution < 1.29 is 40.3 Å². The Morgan fingerprint density at radius 1 is 1.23 bits per heavy atom. The molecule has 0 bridgehead atoms. The Bertz CT molecular complexity index is 1650. The van der Waals surface area contributed by atoms with Gasteiger partial charge < -0.3 is 15.4 Å². The standard InChI is InChI=1S/C26H24F4N4O5S/c1-14-3-4-16(10-19(14)27)21-22(31-20(35)11-40(2,37)38)23-24(36)32-25(12-34(23)33-21)8-7-15-9-17(5-6-18(15)25)39-13-26(28,29)30/h3-6,9-10H,7-8,11-13H2,1-2H3,(H,31,35)(H,32,36)/t25-/m1/s1. The van der Waals surface area contributed by atoms with Gasteiger partial charge in [-0.1, -0.05) is 18.2 Å². The summed E-state index contributed by atoms with van der Waals surface area (Å²) in [6.07, 6.45) is -2.73. The zero-order valence-electron chi connectivity index (χ0n) is 21.4. The summed E-state index contributed by atoms with van der Waals surface area (Å²) in [5.41, 5.74) is 1.06. The smallest absolute Gasteiger partial charge is 0.422 e. The van der Waals surface area contributed by atoms with Crippen LogP contribution in [0.4, 0.5) is 23.2 Å². The molecule has 2 aromatic carbocycles. The maximum Gasteiger partial charge on any atom is 0.422 e. The van der Waals surface area contributed by atoms with Gasteiger partial charge in [-0.25, -0.2) is 12.8 Å². The highest BCUT2D eigenvalue weighted by molar-refractivity contribution is 7.91. The summed E-state index contributed by atoms with van der Waals surface area (Å²) in [5.74, 6) is -2.83. The minimum atomic E-state index is -4.49. The number of aromatic nitrogens is 2. The van der Waals surface area contributed by atoms with Gasteiger partial charge in [-0.15, -0.1) is 0 Å². The quantitative estimate of drug-likeness (QED) is 0.431. The molecule has 2 amide bonds. The first-order valence-corrected chi connectivity index (χ1v) is 14.2. The van der Waals surface area contributed by atoms with Crippen molar-refractivity contribution in [2.45, 2.75) is 38.0 Å². The summed E-state index contributed by atoms with van der Waals surface area (Å²) in [5, 5.41) is 9.97. The molecule has 2 heterocycles. The monoisotopic (exact) mass is 580 g/mol. The van der Waals surface area contributed by atoms with Crippen LogP contribution in [-0.4, -0.2) is 54.8 Å². The molecular formula is C26H24F4N4O5S. The molecule has 5 rings (SSSR count). The molecule has 14 heteroatoms. The van der Waals surface area contributed by atoms with Crippen molar-refractivity contribution in [3.8, 4) is 17.0 Å². The number of sulfone groups is 1. The minimum absolute atomic E-state index is 0.0398. The number of benzene rings is 2. The van der Waals surface area contributed by atoms with Crippen LogP contribution < -0.4 is 15.4 Å². The fourth-order valence-electron chi connectivity index (χ4n) is 5.13. The van der Waals surface area contributed by atoms with E-state index >= 15 is 0 Å². The van der Waals surface area contributed by atoms with Gasteiger partial charge in [-0.2, -0.15) is 18.3 Å². The van der Waals surface area contributed by atoms with Crippen LogP contribution in [0.3, 0.4) is 0 Å². The van der Waals surface area contributed by atoms with E-state index in [0.29, 0.717) is 29.5 Å². The Morgan fingerprint density at radius 2 is 1.98 bits per heavy atom. The highest BCUT2D eigenvalue weighted by Crippen LogP contribution is 2.44. The third-order valence-electron chi connectivity index (χ3n) is 6.86. The van der Waals surface area contributed by atoms with Gasteiger partial charge in [0.25, 0.3) is 5.91 Å². The van der Waals surface area contributed by atoms with Crippen molar-refractivity contribution in [1.82, 2.24) is 15.1 Å². The SMILES string of the molecule is Cc1ccc(-c2nn3c(c2NC(=O)CS(C)(=O)=O)C(=O)N[C@]2(CCc4cc(OCC(F)(F)F)ccc42)C3)cc1F. The zero-order chi connectivity index (χ0) is 29.0. The van der Waals surface area contributed by atoms with Crippen LogP contribution in [0.15, 0.2) is 36.4 Å². The number of nitrogens with one attached hydrogen (secondary N) is 2. The predicted molar refractivity (Wildman–Crippen MR) is 136 cm³/mol. The van der Waals surface area contributed by atoms with Gasteiger partial charge >= 0.3 is 6.18 Å². The molecule has 1 aliphatic carbocycles. The van der Waals surface area contributed by atoms with E-state index in [2.05, 4.69) is 15.7 Å². The van der Waals surface area contributed by atoms with E-state index in [1.165, 1.54) is 28.9 Å². The highest BCUT2D eigenvalue weighted by atomic mass is 32.2. The average molecular weight is 581 g/mol. The van der Waals surface area contributed by atoms with Crippen LogP contribution in [0.5, 0.6) is 5.75 Å². The summed E-state index contributed by atoms with van der Waals surface area (Å²) in [6, 6.07) is 8.81. The second-order valence-electron chi connectivity index (χ2n) is 10.1. The van der Waals surface area contributed by atoms with Crippen molar-refractivity contribution >= 4 is 27.3 Å². The molecule has 212 valence electrons. The fourth-order valence-corrected chi connectivity index (χ4v) is 5.68.